The third-order valence-corrected chi connectivity index (χ3v) is 7.12. The van der Waals surface area contributed by atoms with Crippen LogP contribution in [0, 0.1) is 23.2 Å². The molecule has 118 valence electrons. The summed E-state index contributed by atoms with van der Waals surface area (Å²) in [6, 6.07) is 0.374. The first kappa shape index (κ1) is 14.3. The summed E-state index contributed by atoms with van der Waals surface area (Å²) < 4.78 is 0. The Balaban J connectivity index is 1.45. The van der Waals surface area contributed by atoms with Crippen molar-refractivity contribution in [1.82, 2.24) is 0 Å². The maximum Gasteiger partial charge on any atom is 0.0258 e. The minimum atomic E-state index is 0.374. The molecule has 1 atom stereocenters. The molecule has 0 aliphatic heterocycles. The standard InChI is InChI=1S/C20H33N/c21-19(18-6-4-2-1-3-5-7-18)14-20-11-15-8-16(12-20)10-17(9-15)13-20/h6,15-17,19H,1-5,7-14,21H2. The van der Waals surface area contributed by atoms with Crippen LogP contribution in [0.25, 0.3) is 0 Å². The number of hydrogen-bond acceptors (Lipinski definition) is 1. The quantitative estimate of drug-likeness (QED) is 0.709. The summed E-state index contributed by atoms with van der Waals surface area (Å²) in [6.45, 7) is 0. The van der Waals surface area contributed by atoms with Crippen molar-refractivity contribution in [3.05, 3.63) is 11.6 Å². The van der Waals surface area contributed by atoms with Gasteiger partial charge < -0.3 is 5.73 Å². The van der Waals surface area contributed by atoms with Gasteiger partial charge in [0.1, 0.15) is 0 Å². The van der Waals surface area contributed by atoms with Crippen molar-refractivity contribution >= 4 is 0 Å². The molecule has 21 heavy (non-hydrogen) atoms. The predicted molar refractivity (Wildman–Crippen MR) is 89.0 cm³/mol. The average molecular weight is 287 g/mol. The van der Waals surface area contributed by atoms with Gasteiger partial charge in [-0.25, -0.2) is 0 Å². The minimum absolute atomic E-state index is 0.374. The van der Waals surface area contributed by atoms with E-state index in [0.717, 1.165) is 17.8 Å². The van der Waals surface area contributed by atoms with Crippen molar-refractivity contribution in [3.8, 4) is 0 Å². The zero-order chi connectivity index (χ0) is 14.3. The summed E-state index contributed by atoms with van der Waals surface area (Å²) in [6.07, 6.45) is 21.2. The summed E-state index contributed by atoms with van der Waals surface area (Å²) in [7, 11) is 0. The molecular formula is C20H33N. The first-order valence-electron chi connectivity index (χ1n) is 9.67. The molecule has 1 heteroatoms. The molecule has 5 rings (SSSR count). The zero-order valence-electron chi connectivity index (χ0n) is 13.7. The van der Waals surface area contributed by atoms with Crippen LogP contribution in [0.2, 0.25) is 0 Å². The second-order valence-electron chi connectivity index (χ2n) is 8.96. The molecule has 0 amide bonds. The van der Waals surface area contributed by atoms with Crippen molar-refractivity contribution in [2.24, 2.45) is 28.9 Å². The molecule has 0 aromatic carbocycles. The number of rotatable bonds is 3. The first-order chi connectivity index (χ1) is 10.2. The lowest BCUT2D eigenvalue weighted by Gasteiger charge is -2.57. The zero-order valence-corrected chi connectivity index (χ0v) is 13.7. The highest BCUT2D eigenvalue weighted by atomic mass is 14.7. The SMILES string of the molecule is NC(CC12CC3CC(CC(C3)C1)C2)C1=CCCCCCC1. The van der Waals surface area contributed by atoms with E-state index in [9.17, 15) is 0 Å². The molecule has 0 saturated heterocycles. The van der Waals surface area contributed by atoms with Crippen LogP contribution in [0.15, 0.2) is 11.6 Å². The van der Waals surface area contributed by atoms with Gasteiger partial charge in [-0.05, 0) is 93.8 Å². The van der Waals surface area contributed by atoms with Crippen LogP contribution in [0.1, 0.15) is 83.5 Å². The van der Waals surface area contributed by atoms with Crippen LogP contribution < -0.4 is 5.73 Å². The lowest BCUT2D eigenvalue weighted by molar-refractivity contribution is -0.0590. The molecule has 1 nitrogen and oxygen atoms in total. The highest BCUT2D eigenvalue weighted by molar-refractivity contribution is 5.14. The Morgan fingerprint density at radius 2 is 1.57 bits per heavy atom. The van der Waals surface area contributed by atoms with Gasteiger partial charge in [-0.3, -0.25) is 0 Å². The Labute approximate surface area is 130 Å². The Hall–Kier alpha value is -0.300. The lowest BCUT2D eigenvalue weighted by Crippen LogP contribution is -2.48. The molecule has 0 aromatic heterocycles. The second kappa shape index (κ2) is 5.72. The molecule has 5 aliphatic carbocycles. The molecule has 0 spiro atoms. The van der Waals surface area contributed by atoms with Crippen molar-refractivity contribution in [2.75, 3.05) is 0 Å². The minimum Gasteiger partial charge on any atom is -0.324 e. The summed E-state index contributed by atoms with van der Waals surface area (Å²) in [5.41, 5.74) is 8.99. The third kappa shape index (κ3) is 2.96. The molecule has 2 N–H and O–H groups in total. The van der Waals surface area contributed by atoms with E-state index in [4.69, 9.17) is 5.73 Å². The molecule has 1 unspecified atom stereocenters. The lowest BCUT2D eigenvalue weighted by atomic mass is 9.48. The monoisotopic (exact) mass is 287 g/mol. The van der Waals surface area contributed by atoms with Gasteiger partial charge in [-0.2, -0.15) is 0 Å². The summed E-state index contributed by atoms with van der Waals surface area (Å²) >= 11 is 0. The van der Waals surface area contributed by atoms with Crippen LogP contribution in [-0.2, 0) is 0 Å². The van der Waals surface area contributed by atoms with E-state index in [1.54, 1.807) is 24.8 Å². The Bertz CT molecular complexity index is 373. The smallest absolute Gasteiger partial charge is 0.0258 e. The second-order valence-corrected chi connectivity index (χ2v) is 8.96. The summed E-state index contributed by atoms with van der Waals surface area (Å²) in [4.78, 5) is 0. The normalized spacial score (nSPS) is 44.0. The molecule has 0 heterocycles. The summed E-state index contributed by atoms with van der Waals surface area (Å²) in [5.74, 6) is 3.19. The molecular weight excluding hydrogens is 254 g/mol. The Kier molecular flexibility index (Phi) is 3.90. The van der Waals surface area contributed by atoms with E-state index >= 15 is 0 Å². The van der Waals surface area contributed by atoms with Gasteiger partial charge in [0.15, 0.2) is 0 Å². The maximum absolute atomic E-state index is 6.72. The average Bonchev–Trinajstić information content (AvgIpc) is 2.35. The van der Waals surface area contributed by atoms with E-state index in [0.29, 0.717) is 11.5 Å². The first-order valence-corrected chi connectivity index (χ1v) is 9.67. The van der Waals surface area contributed by atoms with Gasteiger partial charge >= 0.3 is 0 Å². The number of hydrogen-bond donors (Lipinski definition) is 1. The Morgan fingerprint density at radius 3 is 2.24 bits per heavy atom. The largest absolute Gasteiger partial charge is 0.324 e. The highest BCUT2D eigenvalue weighted by Crippen LogP contribution is 2.61. The fraction of sp³-hybridized carbons (Fsp3) is 0.900. The number of nitrogens with two attached hydrogens (primary N) is 1. The molecule has 0 radical (unpaired) electrons. The van der Waals surface area contributed by atoms with Crippen LogP contribution in [0.3, 0.4) is 0 Å². The maximum atomic E-state index is 6.72. The van der Waals surface area contributed by atoms with E-state index in [2.05, 4.69) is 6.08 Å². The molecule has 4 bridgehead atoms. The number of allylic oxidation sites excluding steroid dienone is 1. The van der Waals surface area contributed by atoms with Crippen LogP contribution in [-0.4, -0.2) is 6.04 Å². The van der Waals surface area contributed by atoms with Crippen LogP contribution >= 0.6 is 0 Å². The van der Waals surface area contributed by atoms with E-state index < -0.39 is 0 Å². The van der Waals surface area contributed by atoms with E-state index in [-0.39, 0.29) is 0 Å². The van der Waals surface area contributed by atoms with Crippen LogP contribution in [0.4, 0.5) is 0 Å². The molecule has 5 aliphatic rings. The topological polar surface area (TPSA) is 26.0 Å². The highest BCUT2D eigenvalue weighted by Gasteiger charge is 2.51. The van der Waals surface area contributed by atoms with Crippen molar-refractivity contribution < 1.29 is 0 Å². The van der Waals surface area contributed by atoms with Gasteiger partial charge in [0.05, 0.1) is 0 Å². The third-order valence-electron chi connectivity index (χ3n) is 7.12. The predicted octanol–water partition coefficient (Wildman–Crippen LogP) is 5.20. The van der Waals surface area contributed by atoms with Gasteiger partial charge in [-0.1, -0.05) is 24.5 Å². The molecule has 0 aromatic rings. The fourth-order valence-electron chi connectivity index (χ4n) is 6.69. The van der Waals surface area contributed by atoms with E-state index in [1.807, 2.05) is 0 Å². The van der Waals surface area contributed by atoms with Crippen molar-refractivity contribution in [3.63, 3.8) is 0 Å². The molecule has 4 saturated carbocycles. The van der Waals surface area contributed by atoms with Gasteiger partial charge in [0.2, 0.25) is 0 Å². The van der Waals surface area contributed by atoms with Crippen molar-refractivity contribution in [1.29, 1.82) is 0 Å². The van der Waals surface area contributed by atoms with Crippen molar-refractivity contribution in [2.45, 2.75) is 89.5 Å². The summed E-state index contributed by atoms with van der Waals surface area (Å²) in [5, 5.41) is 0. The van der Waals surface area contributed by atoms with Gasteiger partial charge in [0.25, 0.3) is 0 Å². The fourth-order valence-corrected chi connectivity index (χ4v) is 6.69. The molecule has 4 fully saturated rings. The van der Waals surface area contributed by atoms with Gasteiger partial charge in [0, 0.05) is 6.04 Å². The van der Waals surface area contributed by atoms with Gasteiger partial charge in [-0.15, -0.1) is 0 Å². The van der Waals surface area contributed by atoms with Crippen LogP contribution in [0.5, 0.6) is 0 Å². The van der Waals surface area contributed by atoms with E-state index in [1.165, 1.54) is 64.2 Å². The Morgan fingerprint density at radius 1 is 0.952 bits per heavy atom.